The van der Waals surface area contributed by atoms with Crippen molar-refractivity contribution in [3.63, 3.8) is 0 Å². The van der Waals surface area contributed by atoms with Gasteiger partial charge in [-0.3, -0.25) is 10.1 Å². The van der Waals surface area contributed by atoms with Crippen LogP contribution in [0, 0.1) is 17.0 Å². The lowest BCUT2D eigenvalue weighted by Crippen LogP contribution is -2.02. The van der Waals surface area contributed by atoms with Gasteiger partial charge in [-0.2, -0.15) is 0 Å². The summed E-state index contributed by atoms with van der Waals surface area (Å²) in [6.07, 6.45) is 0.0899. The Bertz CT molecular complexity index is 620. The Labute approximate surface area is 117 Å². The van der Waals surface area contributed by atoms with Crippen LogP contribution in [0.1, 0.15) is 35.3 Å². The second kappa shape index (κ2) is 5.84. The van der Waals surface area contributed by atoms with Crippen LogP contribution in [0.4, 0.5) is 5.69 Å². The number of rotatable bonds is 4. The van der Waals surface area contributed by atoms with Crippen molar-refractivity contribution in [1.29, 1.82) is 0 Å². The van der Waals surface area contributed by atoms with Gasteiger partial charge in [-0.25, -0.2) is 0 Å². The zero-order valence-corrected chi connectivity index (χ0v) is 11.5. The predicted molar refractivity (Wildman–Crippen MR) is 77.7 cm³/mol. The molecule has 1 N–H and O–H groups in total. The van der Waals surface area contributed by atoms with Gasteiger partial charge < -0.3 is 5.11 Å². The second-order valence-electron chi connectivity index (χ2n) is 4.80. The average Bonchev–Trinajstić information content (AvgIpc) is 2.47. The molecule has 0 radical (unpaired) electrons. The molecule has 0 saturated carbocycles. The molecule has 0 heterocycles. The Hall–Kier alpha value is -2.20. The van der Waals surface area contributed by atoms with E-state index in [1.165, 1.54) is 11.6 Å². The number of nitro benzene ring substituents is 1. The maximum absolute atomic E-state index is 10.9. The molecule has 0 fully saturated rings. The molecule has 2 aromatic rings. The van der Waals surface area contributed by atoms with Gasteiger partial charge in [0.15, 0.2) is 0 Å². The van der Waals surface area contributed by atoms with Crippen molar-refractivity contribution in [2.24, 2.45) is 0 Å². The van der Waals surface area contributed by atoms with Crippen molar-refractivity contribution in [2.75, 3.05) is 0 Å². The molecule has 0 saturated heterocycles. The lowest BCUT2D eigenvalue weighted by molar-refractivity contribution is -0.385. The minimum absolute atomic E-state index is 0.0340. The Morgan fingerprint density at radius 2 is 1.75 bits per heavy atom. The number of hydrogen-bond acceptors (Lipinski definition) is 3. The fraction of sp³-hybridized carbons (Fsp3) is 0.250. The van der Waals surface area contributed by atoms with Gasteiger partial charge in [-0.15, -0.1) is 0 Å². The van der Waals surface area contributed by atoms with Crippen molar-refractivity contribution in [3.8, 4) is 0 Å². The van der Waals surface area contributed by atoms with Crippen molar-refractivity contribution >= 4 is 5.69 Å². The summed E-state index contributed by atoms with van der Waals surface area (Å²) in [5, 5.41) is 21.3. The lowest BCUT2D eigenvalue weighted by Gasteiger charge is -2.12. The molecule has 104 valence electrons. The molecular formula is C16H17NO3. The molecule has 0 amide bonds. The summed E-state index contributed by atoms with van der Waals surface area (Å²) in [7, 11) is 0. The Morgan fingerprint density at radius 1 is 1.15 bits per heavy atom. The quantitative estimate of drug-likeness (QED) is 0.683. The van der Waals surface area contributed by atoms with Gasteiger partial charge in [0.25, 0.3) is 5.69 Å². The zero-order chi connectivity index (χ0) is 14.7. The minimum atomic E-state index is -0.847. The van der Waals surface area contributed by atoms with Crippen LogP contribution < -0.4 is 0 Å². The van der Waals surface area contributed by atoms with E-state index in [-0.39, 0.29) is 5.69 Å². The van der Waals surface area contributed by atoms with Gasteiger partial charge in [0.1, 0.15) is 6.10 Å². The van der Waals surface area contributed by atoms with E-state index in [0.29, 0.717) is 11.1 Å². The SMILES string of the molecule is CCc1ccc([C@H](O)c2ccc(C)c([N+](=O)[O-])c2)cc1. The van der Waals surface area contributed by atoms with Crippen molar-refractivity contribution in [1.82, 2.24) is 0 Å². The first-order valence-electron chi connectivity index (χ1n) is 6.54. The normalized spacial score (nSPS) is 12.2. The van der Waals surface area contributed by atoms with Gasteiger partial charge in [0.05, 0.1) is 4.92 Å². The lowest BCUT2D eigenvalue weighted by atomic mass is 9.98. The largest absolute Gasteiger partial charge is 0.384 e. The maximum atomic E-state index is 10.9. The Kier molecular flexibility index (Phi) is 4.15. The number of benzene rings is 2. The van der Waals surface area contributed by atoms with Crippen molar-refractivity contribution in [2.45, 2.75) is 26.4 Å². The summed E-state index contributed by atoms with van der Waals surface area (Å²) in [6, 6.07) is 12.5. The summed E-state index contributed by atoms with van der Waals surface area (Å²) in [5.74, 6) is 0. The minimum Gasteiger partial charge on any atom is -0.384 e. The molecule has 2 aromatic carbocycles. The smallest absolute Gasteiger partial charge is 0.272 e. The Balaban J connectivity index is 2.34. The van der Waals surface area contributed by atoms with E-state index in [2.05, 4.69) is 6.92 Å². The third-order valence-electron chi connectivity index (χ3n) is 3.45. The zero-order valence-electron chi connectivity index (χ0n) is 11.5. The van der Waals surface area contributed by atoms with E-state index in [4.69, 9.17) is 0 Å². The van der Waals surface area contributed by atoms with Crippen LogP contribution in [-0.2, 0) is 6.42 Å². The van der Waals surface area contributed by atoms with Gasteiger partial charge in [-0.1, -0.05) is 43.3 Å². The molecule has 0 aliphatic rings. The molecule has 2 rings (SSSR count). The molecule has 0 unspecified atom stereocenters. The van der Waals surface area contributed by atoms with Crippen LogP contribution in [-0.4, -0.2) is 10.0 Å². The standard InChI is InChI=1S/C16H17NO3/c1-3-12-5-8-13(9-6-12)16(18)14-7-4-11(2)15(10-14)17(19)20/h4-10,16,18H,3H2,1-2H3/t16-/m0/s1. The Morgan fingerprint density at radius 3 is 2.30 bits per heavy atom. The van der Waals surface area contributed by atoms with Crippen LogP contribution >= 0.6 is 0 Å². The summed E-state index contributed by atoms with van der Waals surface area (Å²) < 4.78 is 0. The number of nitrogens with zero attached hydrogens (tertiary/aromatic N) is 1. The molecule has 0 aliphatic heterocycles. The van der Waals surface area contributed by atoms with Crippen LogP contribution in [0.3, 0.4) is 0 Å². The predicted octanol–water partition coefficient (Wildman–Crippen LogP) is 3.55. The summed E-state index contributed by atoms with van der Waals surface area (Å²) in [6.45, 7) is 3.75. The molecule has 20 heavy (non-hydrogen) atoms. The third kappa shape index (κ3) is 2.86. The highest BCUT2D eigenvalue weighted by atomic mass is 16.6. The van der Waals surface area contributed by atoms with Gasteiger partial charge in [-0.05, 0) is 30.0 Å². The number of nitro groups is 1. The monoisotopic (exact) mass is 271 g/mol. The van der Waals surface area contributed by atoms with Crippen LogP contribution in [0.2, 0.25) is 0 Å². The maximum Gasteiger partial charge on any atom is 0.272 e. The molecule has 0 aliphatic carbocycles. The molecule has 0 bridgehead atoms. The molecule has 0 aromatic heterocycles. The fourth-order valence-electron chi connectivity index (χ4n) is 2.12. The van der Waals surface area contributed by atoms with E-state index in [0.717, 1.165) is 12.0 Å². The van der Waals surface area contributed by atoms with Crippen molar-refractivity contribution < 1.29 is 10.0 Å². The van der Waals surface area contributed by atoms with Gasteiger partial charge in [0, 0.05) is 11.6 Å². The third-order valence-corrected chi connectivity index (χ3v) is 3.45. The second-order valence-corrected chi connectivity index (χ2v) is 4.80. The number of aliphatic hydroxyl groups excluding tert-OH is 1. The topological polar surface area (TPSA) is 63.4 Å². The van der Waals surface area contributed by atoms with Crippen LogP contribution in [0.25, 0.3) is 0 Å². The summed E-state index contributed by atoms with van der Waals surface area (Å²) in [5.41, 5.74) is 3.08. The van der Waals surface area contributed by atoms with Crippen LogP contribution in [0.5, 0.6) is 0 Å². The van der Waals surface area contributed by atoms with Gasteiger partial charge >= 0.3 is 0 Å². The van der Waals surface area contributed by atoms with E-state index in [1.807, 2.05) is 24.3 Å². The number of hydrogen-bond donors (Lipinski definition) is 1. The van der Waals surface area contributed by atoms with Crippen molar-refractivity contribution in [3.05, 3.63) is 74.8 Å². The number of aryl methyl sites for hydroxylation is 2. The van der Waals surface area contributed by atoms with E-state index in [9.17, 15) is 15.2 Å². The molecule has 4 nitrogen and oxygen atoms in total. The molecular weight excluding hydrogens is 254 g/mol. The molecule has 1 atom stereocenters. The highest BCUT2D eigenvalue weighted by Crippen LogP contribution is 2.27. The first-order chi connectivity index (χ1) is 9.52. The summed E-state index contributed by atoms with van der Waals surface area (Å²) in [4.78, 5) is 10.5. The highest BCUT2D eigenvalue weighted by Gasteiger charge is 2.16. The fourth-order valence-corrected chi connectivity index (χ4v) is 2.12. The first-order valence-corrected chi connectivity index (χ1v) is 6.54. The number of aliphatic hydroxyl groups is 1. The van der Waals surface area contributed by atoms with Crippen LogP contribution in [0.15, 0.2) is 42.5 Å². The summed E-state index contributed by atoms with van der Waals surface area (Å²) >= 11 is 0. The van der Waals surface area contributed by atoms with E-state index in [1.54, 1.807) is 19.1 Å². The highest BCUT2D eigenvalue weighted by molar-refractivity contribution is 5.45. The van der Waals surface area contributed by atoms with Gasteiger partial charge in [0.2, 0.25) is 0 Å². The molecule has 4 heteroatoms. The average molecular weight is 271 g/mol. The van der Waals surface area contributed by atoms with E-state index < -0.39 is 11.0 Å². The van der Waals surface area contributed by atoms with E-state index >= 15 is 0 Å². The first kappa shape index (κ1) is 14.2. The molecule has 0 spiro atoms.